The Balaban J connectivity index is 2.54. The van der Waals surface area contributed by atoms with Crippen molar-refractivity contribution in [1.29, 1.82) is 0 Å². The first kappa shape index (κ1) is 8.02. The predicted octanol–water partition coefficient (Wildman–Crippen LogP) is 0.920. The van der Waals surface area contributed by atoms with Gasteiger partial charge in [-0.1, -0.05) is 19.8 Å². The van der Waals surface area contributed by atoms with Crippen molar-refractivity contribution in [3.05, 3.63) is 0 Å². The van der Waals surface area contributed by atoms with Gasteiger partial charge in [-0.2, -0.15) is 0 Å². The molecule has 1 unspecified atom stereocenters. The maximum atomic E-state index is 9.70. The van der Waals surface area contributed by atoms with E-state index in [-0.39, 0.29) is 12.5 Å². The molecule has 0 aromatic rings. The van der Waals surface area contributed by atoms with Crippen molar-refractivity contribution in [3.63, 3.8) is 0 Å². The van der Waals surface area contributed by atoms with Crippen LogP contribution in [-0.4, -0.2) is 22.4 Å². The van der Waals surface area contributed by atoms with Gasteiger partial charge in [-0.25, -0.2) is 0 Å². The van der Waals surface area contributed by atoms with Crippen LogP contribution in [0.5, 0.6) is 0 Å². The zero-order valence-electron chi connectivity index (χ0n) is 6.51. The first-order chi connectivity index (χ1) is 4.69. The van der Waals surface area contributed by atoms with Crippen LogP contribution in [0.4, 0.5) is 0 Å². The van der Waals surface area contributed by atoms with Crippen LogP contribution in [0.25, 0.3) is 0 Å². The molecule has 2 nitrogen and oxygen atoms in total. The fraction of sp³-hybridized carbons (Fsp3) is 1.00. The molecule has 0 bridgehead atoms. The van der Waals surface area contributed by atoms with Gasteiger partial charge in [-0.05, 0) is 18.8 Å². The van der Waals surface area contributed by atoms with E-state index in [1.807, 2.05) is 6.92 Å². The Kier molecular flexibility index (Phi) is 2.32. The second-order valence-electron chi connectivity index (χ2n) is 3.41. The van der Waals surface area contributed by atoms with E-state index in [1.54, 1.807) is 0 Å². The molecule has 1 aliphatic carbocycles. The summed E-state index contributed by atoms with van der Waals surface area (Å²) < 4.78 is 0. The summed E-state index contributed by atoms with van der Waals surface area (Å²) >= 11 is 0. The van der Waals surface area contributed by atoms with Crippen molar-refractivity contribution < 1.29 is 10.2 Å². The van der Waals surface area contributed by atoms with Crippen LogP contribution in [0.1, 0.15) is 32.6 Å². The molecule has 2 N–H and O–H groups in total. The lowest BCUT2D eigenvalue weighted by atomic mass is 9.77. The molecule has 0 spiro atoms. The summed E-state index contributed by atoms with van der Waals surface area (Å²) in [6.07, 6.45) is 4.08. The van der Waals surface area contributed by atoms with Crippen molar-refractivity contribution >= 4 is 0 Å². The third-order valence-electron chi connectivity index (χ3n) is 2.69. The molecule has 1 rings (SSSR count). The van der Waals surface area contributed by atoms with E-state index in [4.69, 9.17) is 5.11 Å². The number of hydrogen-bond acceptors (Lipinski definition) is 2. The topological polar surface area (TPSA) is 40.5 Å². The van der Waals surface area contributed by atoms with Gasteiger partial charge < -0.3 is 10.2 Å². The molecule has 0 saturated heterocycles. The summed E-state index contributed by atoms with van der Waals surface area (Å²) in [6.45, 7) is 1.93. The Morgan fingerprint density at radius 2 is 2.20 bits per heavy atom. The van der Waals surface area contributed by atoms with Crippen LogP contribution >= 0.6 is 0 Å². The lowest BCUT2D eigenvalue weighted by molar-refractivity contribution is -0.0793. The highest BCUT2D eigenvalue weighted by molar-refractivity contribution is 4.86. The molecule has 0 aromatic carbocycles. The Hall–Kier alpha value is -0.0800. The van der Waals surface area contributed by atoms with E-state index in [1.165, 1.54) is 6.42 Å². The molecule has 0 heterocycles. The summed E-state index contributed by atoms with van der Waals surface area (Å²) in [5.41, 5.74) is -0.766. The number of aliphatic hydroxyl groups is 2. The number of rotatable bonds is 1. The fourth-order valence-electron chi connectivity index (χ4n) is 1.63. The first-order valence-corrected chi connectivity index (χ1v) is 4.02. The monoisotopic (exact) mass is 144 g/mol. The van der Waals surface area contributed by atoms with Gasteiger partial charge in [-0.3, -0.25) is 0 Å². The molecule has 60 valence electrons. The fourth-order valence-corrected chi connectivity index (χ4v) is 1.63. The van der Waals surface area contributed by atoms with E-state index in [0.29, 0.717) is 0 Å². The van der Waals surface area contributed by atoms with E-state index < -0.39 is 5.60 Å². The largest absolute Gasteiger partial charge is 0.393 e. The van der Waals surface area contributed by atoms with Crippen LogP contribution in [0.15, 0.2) is 0 Å². The van der Waals surface area contributed by atoms with Crippen molar-refractivity contribution in [2.24, 2.45) is 5.92 Å². The van der Waals surface area contributed by atoms with Gasteiger partial charge >= 0.3 is 0 Å². The molecule has 1 saturated carbocycles. The van der Waals surface area contributed by atoms with Crippen molar-refractivity contribution in [3.8, 4) is 0 Å². The van der Waals surface area contributed by atoms with Crippen LogP contribution in [0.3, 0.4) is 0 Å². The van der Waals surface area contributed by atoms with Gasteiger partial charge in [0.05, 0.1) is 12.2 Å². The molecule has 0 amide bonds. The third kappa shape index (κ3) is 1.32. The average Bonchev–Trinajstić information content (AvgIpc) is 1.96. The predicted molar refractivity (Wildman–Crippen MR) is 39.7 cm³/mol. The highest BCUT2D eigenvalue weighted by Crippen LogP contribution is 2.32. The first-order valence-electron chi connectivity index (χ1n) is 4.02. The summed E-state index contributed by atoms with van der Waals surface area (Å²) in [7, 11) is 0. The number of aliphatic hydroxyl groups excluding tert-OH is 1. The standard InChI is InChI=1S/C8H16O2/c1-7-4-2-3-5-8(7,10)6-9/h7,9-10H,2-6H2,1H3/t7-,8?/m1/s1. The van der Waals surface area contributed by atoms with Gasteiger partial charge in [0.2, 0.25) is 0 Å². The summed E-state index contributed by atoms with van der Waals surface area (Å²) in [6, 6.07) is 0. The smallest absolute Gasteiger partial charge is 0.0902 e. The molecule has 2 atom stereocenters. The molecule has 0 aromatic heterocycles. The highest BCUT2D eigenvalue weighted by Gasteiger charge is 2.34. The lowest BCUT2D eigenvalue weighted by Gasteiger charge is -2.36. The summed E-state index contributed by atoms with van der Waals surface area (Å²) in [5.74, 6) is 0.270. The maximum absolute atomic E-state index is 9.70. The molecular weight excluding hydrogens is 128 g/mol. The number of hydrogen-bond donors (Lipinski definition) is 2. The van der Waals surface area contributed by atoms with E-state index >= 15 is 0 Å². The van der Waals surface area contributed by atoms with E-state index in [2.05, 4.69) is 0 Å². The average molecular weight is 144 g/mol. The SMILES string of the molecule is C[C@@H]1CCCCC1(O)CO. The Bertz CT molecular complexity index is 114. The van der Waals surface area contributed by atoms with Crippen molar-refractivity contribution in [2.75, 3.05) is 6.61 Å². The quantitative estimate of drug-likeness (QED) is 0.574. The molecule has 0 radical (unpaired) electrons. The molecule has 1 fully saturated rings. The third-order valence-corrected chi connectivity index (χ3v) is 2.69. The normalized spacial score (nSPS) is 41.7. The second-order valence-corrected chi connectivity index (χ2v) is 3.41. The molecule has 0 aliphatic heterocycles. The zero-order chi connectivity index (χ0) is 7.61. The van der Waals surface area contributed by atoms with Gasteiger partial charge in [0.1, 0.15) is 0 Å². The Morgan fingerprint density at radius 1 is 1.50 bits per heavy atom. The maximum Gasteiger partial charge on any atom is 0.0902 e. The molecule has 1 aliphatic rings. The van der Waals surface area contributed by atoms with Gasteiger partial charge in [0.25, 0.3) is 0 Å². The Morgan fingerprint density at radius 3 is 2.60 bits per heavy atom. The van der Waals surface area contributed by atoms with Crippen molar-refractivity contribution in [1.82, 2.24) is 0 Å². The van der Waals surface area contributed by atoms with E-state index in [9.17, 15) is 5.11 Å². The Labute approximate surface area is 61.9 Å². The molecule has 10 heavy (non-hydrogen) atoms. The minimum Gasteiger partial charge on any atom is -0.393 e. The van der Waals surface area contributed by atoms with Crippen LogP contribution < -0.4 is 0 Å². The van der Waals surface area contributed by atoms with Gasteiger partial charge in [0.15, 0.2) is 0 Å². The minimum atomic E-state index is -0.766. The highest BCUT2D eigenvalue weighted by atomic mass is 16.3. The summed E-state index contributed by atoms with van der Waals surface area (Å²) in [5, 5.41) is 18.6. The second kappa shape index (κ2) is 2.89. The molecular formula is C8H16O2. The van der Waals surface area contributed by atoms with Crippen LogP contribution in [0, 0.1) is 5.92 Å². The van der Waals surface area contributed by atoms with E-state index in [0.717, 1.165) is 19.3 Å². The van der Waals surface area contributed by atoms with Gasteiger partial charge in [0, 0.05) is 0 Å². The van der Waals surface area contributed by atoms with Gasteiger partial charge in [-0.15, -0.1) is 0 Å². The summed E-state index contributed by atoms with van der Waals surface area (Å²) in [4.78, 5) is 0. The van der Waals surface area contributed by atoms with Crippen molar-refractivity contribution in [2.45, 2.75) is 38.2 Å². The minimum absolute atomic E-state index is 0.0752. The molecule has 2 heteroatoms. The van der Waals surface area contributed by atoms with Crippen LogP contribution in [0.2, 0.25) is 0 Å². The lowest BCUT2D eigenvalue weighted by Crippen LogP contribution is -2.42. The zero-order valence-corrected chi connectivity index (χ0v) is 6.51. The van der Waals surface area contributed by atoms with Crippen LogP contribution in [-0.2, 0) is 0 Å².